The van der Waals surface area contributed by atoms with Crippen molar-refractivity contribution in [3.8, 4) is 0 Å². The highest BCUT2D eigenvalue weighted by Crippen LogP contribution is 2.43. The number of nitrogens with one attached hydrogen (secondary N) is 1. The zero-order valence-electron chi connectivity index (χ0n) is 8.73. The molecular formula is C12H12N2O2. The maximum Gasteiger partial charge on any atom is 0.351 e. The van der Waals surface area contributed by atoms with E-state index >= 15 is 0 Å². The Hall–Kier alpha value is -1.68. The fraction of sp³-hybridized carbons (Fsp3) is 0.333. The SMILES string of the molecule is O=C(O)C1=Nc2ccccc2C12CCNC2. The number of benzene rings is 1. The van der Waals surface area contributed by atoms with E-state index in [4.69, 9.17) is 0 Å². The van der Waals surface area contributed by atoms with Gasteiger partial charge in [0, 0.05) is 6.54 Å². The maximum absolute atomic E-state index is 11.3. The van der Waals surface area contributed by atoms with Gasteiger partial charge in [-0.3, -0.25) is 0 Å². The summed E-state index contributed by atoms with van der Waals surface area (Å²) < 4.78 is 0. The molecule has 1 unspecified atom stereocenters. The molecule has 1 atom stereocenters. The van der Waals surface area contributed by atoms with Crippen LogP contribution in [0.1, 0.15) is 12.0 Å². The van der Waals surface area contributed by atoms with Crippen LogP contribution in [-0.2, 0) is 10.2 Å². The lowest BCUT2D eigenvalue weighted by atomic mass is 9.77. The Morgan fingerprint density at radius 2 is 2.25 bits per heavy atom. The normalized spacial score (nSPS) is 26.9. The molecule has 2 aliphatic heterocycles. The van der Waals surface area contributed by atoms with Gasteiger partial charge in [0.1, 0.15) is 5.71 Å². The van der Waals surface area contributed by atoms with E-state index in [0.717, 1.165) is 24.2 Å². The van der Waals surface area contributed by atoms with E-state index in [2.05, 4.69) is 10.3 Å². The van der Waals surface area contributed by atoms with Gasteiger partial charge in [0.15, 0.2) is 0 Å². The third-order valence-corrected chi connectivity index (χ3v) is 3.46. The van der Waals surface area contributed by atoms with Crippen molar-refractivity contribution >= 4 is 17.4 Å². The van der Waals surface area contributed by atoms with Crippen LogP contribution in [0.4, 0.5) is 5.69 Å². The highest BCUT2D eigenvalue weighted by atomic mass is 16.4. The quantitative estimate of drug-likeness (QED) is 0.738. The lowest BCUT2D eigenvalue weighted by molar-refractivity contribution is -0.129. The summed E-state index contributed by atoms with van der Waals surface area (Å²) in [6, 6.07) is 7.70. The molecule has 2 heterocycles. The van der Waals surface area contributed by atoms with Crippen molar-refractivity contribution in [2.75, 3.05) is 13.1 Å². The van der Waals surface area contributed by atoms with Crippen LogP contribution < -0.4 is 5.32 Å². The number of hydrogen-bond donors (Lipinski definition) is 2. The summed E-state index contributed by atoms with van der Waals surface area (Å²) in [4.78, 5) is 15.5. The molecule has 82 valence electrons. The Morgan fingerprint density at radius 3 is 2.94 bits per heavy atom. The number of para-hydroxylation sites is 1. The van der Waals surface area contributed by atoms with Gasteiger partial charge in [0.25, 0.3) is 0 Å². The topological polar surface area (TPSA) is 61.7 Å². The smallest absolute Gasteiger partial charge is 0.351 e. The zero-order chi connectivity index (χ0) is 11.2. The van der Waals surface area contributed by atoms with Crippen molar-refractivity contribution in [3.05, 3.63) is 29.8 Å². The number of nitrogens with zero attached hydrogens (tertiary/aromatic N) is 1. The summed E-state index contributed by atoms with van der Waals surface area (Å²) in [6.07, 6.45) is 0.815. The van der Waals surface area contributed by atoms with Crippen molar-refractivity contribution in [1.29, 1.82) is 0 Å². The molecule has 1 fully saturated rings. The van der Waals surface area contributed by atoms with Gasteiger partial charge in [0.05, 0.1) is 11.1 Å². The van der Waals surface area contributed by atoms with E-state index in [1.165, 1.54) is 0 Å². The highest BCUT2D eigenvalue weighted by molar-refractivity contribution is 6.41. The van der Waals surface area contributed by atoms with E-state index in [0.29, 0.717) is 12.3 Å². The molecule has 2 aliphatic rings. The Kier molecular flexibility index (Phi) is 1.88. The van der Waals surface area contributed by atoms with Crippen LogP contribution in [-0.4, -0.2) is 29.9 Å². The first kappa shape index (κ1) is 9.54. The molecule has 1 aromatic carbocycles. The molecule has 0 aromatic heterocycles. The van der Waals surface area contributed by atoms with E-state index in [1.54, 1.807) is 0 Å². The first-order chi connectivity index (χ1) is 7.74. The van der Waals surface area contributed by atoms with Crippen LogP contribution in [0.3, 0.4) is 0 Å². The fourth-order valence-corrected chi connectivity index (χ4v) is 2.71. The first-order valence-electron chi connectivity index (χ1n) is 5.37. The van der Waals surface area contributed by atoms with Gasteiger partial charge < -0.3 is 10.4 Å². The van der Waals surface area contributed by atoms with E-state index in [1.807, 2.05) is 24.3 Å². The van der Waals surface area contributed by atoms with Gasteiger partial charge in [-0.25, -0.2) is 9.79 Å². The Bertz CT molecular complexity index is 488. The summed E-state index contributed by atoms with van der Waals surface area (Å²) >= 11 is 0. The molecule has 0 bridgehead atoms. The van der Waals surface area contributed by atoms with Crippen molar-refractivity contribution in [3.63, 3.8) is 0 Å². The molecule has 0 amide bonds. The molecule has 0 aliphatic carbocycles. The standard InChI is InChI=1S/C12H12N2O2/c15-11(16)10-12(5-6-13-7-12)8-3-1-2-4-9(8)14-10/h1-4,13H,5-7H2,(H,15,16). The number of carbonyl (C=O) groups is 1. The number of aliphatic imine (C=N–C) groups is 1. The van der Waals surface area contributed by atoms with Gasteiger partial charge >= 0.3 is 5.97 Å². The molecule has 4 heteroatoms. The average molecular weight is 216 g/mol. The van der Waals surface area contributed by atoms with E-state index in [9.17, 15) is 9.90 Å². The Balaban J connectivity index is 2.20. The number of rotatable bonds is 1. The van der Waals surface area contributed by atoms with Crippen LogP contribution in [0.15, 0.2) is 29.3 Å². The number of hydrogen-bond acceptors (Lipinski definition) is 3. The fourth-order valence-electron chi connectivity index (χ4n) is 2.71. The second-order valence-corrected chi connectivity index (χ2v) is 4.29. The summed E-state index contributed by atoms with van der Waals surface area (Å²) in [7, 11) is 0. The second-order valence-electron chi connectivity index (χ2n) is 4.29. The Labute approximate surface area is 93.0 Å². The minimum atomic E-state index is -0.903. The van der Waals surface area contributed by atoms with E-state index in [-0.39, 0.29) is 0 Å². The van der Waals surface area contributed by atoms with Crippen molar-refractivity contribution in [2.45, 2.75) is 11.8 Å². The van der Waals surface area contributed by atoms with E-state index < -0.39 is 11.4 Å². The van der Waals surface area contributed by atoms with Crippen LogP contribution >= 0.6 is 0 Å². The van der Waals surface area contributed by atoms with Crippen molar-refractivity contribution < 1.29 is 9.90 Å². The van der Waals surface area contributed by atoms with Crippen LogP contribution in [0, 0.1) is 0 Å². The summed E-state index contributed by atoms with van der Waals surface area (Å²) in [5.41, 5.74) is 1.75. The van der Waals surface area contributed by atoms with Crippen molar-refractivity contribution in [2.24, 2.45) is 4.99 Å². The van der Waals surface area contributed by atoms with Gasteiger partial charge in [-0.1, -0.05) is 18.2 Å². The third kappa shape index (κ3) is 1.08. The number of fused-ring (bicyclic) bond motifs is 2. The van der Waals surface area contributed by atoms with Crippen LogP contribution in [0.2, 0.25) is 0 Å². The molecule has 16 heavy (non-hydrogen) atoms. The zero-order valence-corrected chi connectivity index (χ0v) is 8.73. The lowest BCUT2D eigenvalue weighted by Crippen LogP contribution is -2.39. The van der Waals surface area contributed by atoms with Crippen molar-refractivity contribution in [1.82, 2.24) is 5.32 Å². The monoisotopic (exact) mass is 216 g/mol. The number of aliphatic carboxylic acids is 1. The number of carboxylic acids is 1. The summed E-state index contributed by atoms with van der Waals surface area (Å²) in [5, 5.41) is 12.5. The molecule has 1 aromatic rings. The largest absolute Gasteiger partial charge is 0.477 e. The van der Waals surface area contributed by atoms with Crippen LogP contribution in [0.5, 0.6) is 0 Å². The number of carboxylic acid groups (broad SMARTS) is 1. The van der Waals surface area contributed by atoms with Gasteiger partial charge in [-0.05, 0) is 24.6 Å². The van der Waals surface area contributed by atoms with Gasteiger partial charge in [-0.2, -0.15) is 0 Å². The molecule has 0 saturated carbocycles. The predicted octanol–water partition coefficient (Wildman–Crippen LogP) is 1.09. The Morgan fingerprint density at radius 1 is 1.44 bits per heavy atom. The molecule has 1 saturated heterocycles. The molecular weight excluding hydrogens is 204 g/mol. The molecule has 1 spiro atoms. The van der Waals surface area contributed by atoms with Gasteiger partial charge in [-0.15, -0.1) is 0 Å². The highest BCUT2D eigenvalue weighted by Gasteiger charge is 2.48. The third-order valence-electron chi connectivity index (χ3n) is 3.46. The minimum absolute atomic E-state index is 0.290. The molecule has 0 radical (unpaired) electrons. The molecule has 4 nitrogen and oxygen atoms in total. The minimum Gasteiger partial charge on any atom is -0.477 e. The predicted molar refractivity (Wildman–Crippen MR) is 60.3 cm³/mol. The average Bonchev–Trinajstić information content (AvgIpc) is 2.87. The lowest BCUT2D eigenvalue weighted by Gasteiger charge is -2.23. The molecule has 3 rings (SSSR count). The maximum atomic E-state index is 11.3. The van der Waals surface area contributed by atoms with Gasteiger partial charge in [0.2, 0.25) is 0 Å². The summed E-state index contributed by atoms with van der Waals surface area (Å²) in [6.45, 7) is 1.52. The molecule has 2 N–H and O–H groups in total. The van der Waals surface area contributed by atoms with Crippen LogP contribution in [0.25, 0.3) is 0 Å². The first-order valence-corrected chi connectivity index (χ1v) is 5.37. The second kappa shape index (κ2) is 3.15. The summed E-state index contributed by atoms with van der Waals surface area (Å²) in [5.74, 6) is -0.903.